The maximum Gasteiger partial charge on any atom is 0.416 e. The van der Waals surface area contributed by atoms with Crippen LogP contribution in [0.2, 0.25) is 0 Å². The van der Waals surface area contributed by atoms with Crippen molar-refractivity contribution in [2.24, 2.45) is 5.10 Å². The molecule has 0 aromatic heterocycles. The first-order valence-corrected chi connectivity index (χ1v) is 10.1. The Morgan fingerprint density at radius 1 is 1.09 bits per heavy atom. The zero-order chi connectivity index (χ0) is 24.7. The van der Waals surface area contributed by atoms with Gasteiger partial charge in [0.05, 0.1) is 18.9 Å². The largest absolute Gasteiger partial charge is 0.493 e. The molecule has 2 aromatic carbocycles. The second kappa shape index (κ2) is 10.7. The number of anilines is 1. The lowest BCUT2D eigenvalue weighted by atomic mass is 10.2. The molecule has 3 amide bonds. The van der Waals surface area contributed by atoms with Crippen molar-refractivity contribution < 1.29 is 37.0 Å². The highest BCUT2D eigenvalue weighted by Gasteiger charge is 2.30. The number of benzene rings is 2. The Morgan fingerprint density at radius 2 is 1.85 bits per heavy atom. The molecular formula is C22H21F3N4O5. The molecule has 0 heterocycles. The molecule has 34 heavy (non-hydrogen) atoms. The molecule has 1 saturated carbocycles. The minimum Gasteiger partial charge on any atom is -0.493 e. The monoisotopic (exact) mass is 478 g/mol. The minimum atomic E-state index is -4.53. The Morgan fingerprint density at radius 3 is 2.53 bits per heavy atom. The number of carbonyl (C=O) groups excluding carboxylic acids is 3. The van der Waals surface area contributed by atoms with Gasteiger partial charge in [-0.2, -0.15) is 18.3 Å². The van der Waals surface area contributed by atoms with Gasteiger partial charge in [-0.25, -0.2) is 5.43 Å². The lowest BCUT2D eigenvalue weighted by Gasteiger charge is -2.12. The lowest BCUT2D eigenvalue weighted by Crippen LogP contribution is -2.38. The molecule has 1 aliphatic carbocycles. The maximum atomic E-state index is 12.8. The van der Waals surface area contributed by atoms with Gasteiger partial charge in [-0.3, -0.25) is 14.4 Å². The molecule has 0 spiro atoms. The van der Waals surface area contributed by atoms with Crippen LogP contribution >= 0.6 is 0 Å². The number of nitrogens with one attached hydrogen (secondary N) is 3. The molecule has 1 fully saturated rings. The van der Waals surface area contributed by atoms with Crippen LogP contribution in [0.5, 0.6) is 11.5 Å². The van der Waals surface area contributed by atoms with Crippen molar-refractivity contribution in [3.63, 3.8) is 0 Å². The fraction of sp³-hybridized carbons (Fsp3) is 0.273. The molecule has 12 heteroatoms. The van der Waals surface area contributed by atoms with E-state index in [1.807, 2.05) is 0 Å². The highest BCUT2D eigenvalue weighted by atomic mass is 19.4. The van der Waals surface area contributed by atoms with Gasteiger partial charge in [0.2, 0.25) is 0 Å². The fourth-order valence-corrected chi connectivity index (χ4v) is 2.69. The summed E-state index contributed by atoms with van der Waals surface area (Å²) in [6.07, 6.45) is -1.54. The van der Waals surface area contributed by atoms with Crippen molar-refractivity contribution >= 4 is 29.6 Å². The number of rotatable bonds is 8. The predicted molar refractivity (Wildman–Crippen MR) is 115 cm³/mol. The zero-order valence-electron chi connectivity index (χ0n) is 17.9. The molecular weight excluding hydrogens is 457 g/mol. The number of hydrogen-bond acceptors (Lipinski definition) is 6. The van der Waals surface area contributed by atoms with Crippen LogP contribution in [0.25, 0.3) is 0 Å². The zero-order valence-corrected chi connectivity index (χ0v) is 17.9. The van der Waals surface area contributed by atoms with Crippen LogP contribution in [0.4, 0.5) is 18.9 Å². The number of amides is 3. The van der Waals surface area contributed by atoms with E-state index in [-0.39, 0.29) is 23.2 Å². The van der Waals surface area contributed by atoms with E-state index in [0.29, 0.717) is 5.56 Å². The van der Waals surface area contributed by atoms with Gasteiger partial charge >= 0.3 is 18.0 Å². The summed E-state index contributed by atoms with van der Waals surface area (Å²) in [5, 5.41) is 8.58. The average molecular weight is 478 g/mol. The first-order chi connectivity index (χ1) is 16.2. The normalized spacial score (nSPS) is 13.3. The van der Waals surface area contributed by atoms with Gasteiger partial charge in [0.25, 0.3) is 5.91 Å². The van der Waals surface area contributed by atoms with E-state index in [2.05, 4.69) is 21.2 Å². The Hall–Kier alpha value is -4.09. The molecule has 0 bridgehead atoms. The van der Waals surface area contributed by atoms with Crippen LogP contribution in [-0.4, -0.2) is 43.7 Å². The number of hydrogen-bond donors (Lipinski definition) is 3. The molecule has 0 unspecified atom stereocenters. The summed E-state index contributed by atoms with van der Waals surface area (Å²) in [6.45, 7) is -0.480. The van der Waals surface area contributed by atoms with E-state index in [9.17, 15) is 27.6 Å². The number of halogens is 3. The predicted octanol–water partition coefficient (Wildman–Crippen LogP) is 2.46. The Balaban J connectivity index is 1.53. The molecule has 9 nitrogen and oxygen atoms in total. The van der Waals surface area contributed by atoms with Crippen molar-refractivity contribution in [1.29, 1.82) is 0 Å². The fourth-order valence-electron chi connectivity index (χ4n) is 2.69. The third kappa shape index (κ3) is 7.22. The molecule has 3 rings (SSSR count). The molecule has 2 aromatic rings. The lowest BCUT2D eigenvalue weighted by molar-refractivity contribution is -0.139. The summed E-state index contributed by atoms with van der Waals surface area (Å²) in [7, 11) is 1.37. The van der Waals surface area contributed by atoms with E-state index in [1.165, 1.54) is 37.6 Å². The van der Waals surface area contributed by atoms with E-state index >= 15 is 0 Å². The quantitative estimate of drug-likeness (QED) is 0.306. The van der Waals surface area contributed by atoms with E-state index < -0.39 is 36.1 Å². The first-order valence-electron chi connectivity index (χ1n) is 10.1. The average Bonchev–Trinajstić information content (AvgIpc) is 3.61. The van der Waals surface area contributed by atoms with Gasteiger partial charge in [-0.05, 0) is 54.8 Å². The molecule has 3 N–H and O–H groups in total. The molecule has 180 valence electrons. The molecule has 0 radical (unpaired) electrons. The Labute approximate surface area is 192 Å². The van der Waals surface area contributed by atoms with E-state index in [0.717, 1.165) is 25.0 Å². The molecule has 0 saturated heterocycles. The topological polar surface area (TPSA) is 118 Å². The van der Waals surface area contributed by atoms with Crippen LogP contribution in [0.15, 0.2) is 47.6 Å². The van der Waals surface area contributed by atoms with Crippen LogP contribution in [-0.2, 0) is 20.6 Å². The van der Waals surface area contributed by atoms with Crippen LogP contribution in [0.3, 0.4) is 0 Å². The van der Waals surface area contributed by atoms with Crippen LogP contribution < -0.4 is 25.5 Å². The summed E-state index contributed by atoms with van der Waals surface area (Å²) in [5.74, 6) is -1.87. The number of ether oxygens (including phenoxy) is 2. The number of nitrogens with zero attached hydrogens (tertiary/aromatic N) is 1. The second-order valence-electron chi connectivity index (χ2n) is 7.27. The van der Waals surface area contributed by atoms with Crippen molar-refractivity contribution in [1.82, 2.24) is 10.7 Å². The number of methoxy groups -OCH3 is 1. The summed E-state index contributed by atoms with van der Waals surface area (Å²) in [6, 6.07) is 8.84. The standard InChI is InChI=1S/C22H21F3N4O5/c1-33-18-9-13(11-26-29-21(32)20(31)28-15-6-7-15)5-8-17(18)34-12-19(30)27-16-4-2-3-14(10-16)22(23,24)25/h2-5,8-11,15H,6-7,12H2,1H3,(H,27,30)(H,28,31)(H,29,32). The molecule has 0 atom stereocenters. The SMILES string of the molecule is COc1cc(C=NNC(=O)C(=O)NC2CC2)ccc1OCC(=O)Nc1cccc(C(F)(F)F)c1. The summed E-state index contributed by atoms with van der Waals surface area (Å²) < 4.78 is 49.0. The van der Waals surface area contributed by atoms with E-state index in [1.54, 1.807) is 6.07 Å². The highest BCUT2D eigenvalue weighted by Crippen LogP contribution is 2.31. The van der Waals surface area contributed by atoms with Gasteiger partial charge in [0.1, 0.15) is 0 Å². The Bertz CT molecular complexity index is 1100. The Kier molecular flexibility index (Phi) is 7.71. The minimum absolute atomic E-state index is 0.0187. The highest BCUT2D eigenvalue weighted by molar-refractivity contribution is 6.35. The summed E-state index contributed by atoms with van der Waals surface area (Å²) in [4.78, 5) is 35.3. The van der Waals surface area contributed by atoms with Crippen molar-refractivity contribution in [3.05, 3.63) is 53.6 Å². The van der Waals surface area contributed by atoms with Gasteiger partial charge in [-0.1, -0.05) is 6.07 Å². The third-order valence-electron chi connectivity index (χ3n) is 4.52. The van der Waals surface area contributed by atoms with Crippen molar-refractivity contribution in [2.45, 2.75) is 25.1 Å². The number of carbonyl (C=O) groups is 3. The molecule has 1 aliphatic rings. The van der Waals surface area contributed by atoms with Crippen LogP contribution in [0.1, 0.15) is 24.0 Å². The second-order valence-corrected chi connectivity index (χ2v) is 7.27. The third-order valence-corrected chi connectivity index (χ3v) is 4.52. The van der Waals surface area contributed by atoms with Crippen molar-refractivity contribution in [3.8, 4) is 11.5 Å². The number of alkyl halides is 3. The summed E-state index contributed by atoms with van der Waals surface area (Å²) in [5.41, 5.74) is 1.71. The summed E-state index contributed by atoms with van der Waals surface area (Å²) >= 11 is 0. The van der Waals surface area contributed by atoms with E-state index in [4.69, 9.17) is 9.47 Å². The van der Waals surface area contributed by atoms with Gasteiger partial charge in [0, 0.05) is 11.7 Å². The van der Waals surface area contributed by atoms with Crippen LogP contribution in [0, 0.1) is 0 Å². The first kappa shape index (κ1) is 24.6. The van der Waals surface area contributed by atoms with Gasteiger partial charge in [-0.15, -0.1) is 0 Å². The van der Waals surface area contributed by atoms with Gasteiger partial charge in [0.15, 0.2) is 18.1 Å². The number of hydrazone groups is 1. The van der Waals surface area contributed by atoms with Crippen molar-refractivity contribution in [2.75, 3.05) is 19.0 Å². The maximum absolute atomic E-state index is 12.8. The molecule has 0 aliphatic heterocycles. The smallest absolute Gasteiger partial charge is 0.416 e. The van der Waals surface area contributed by atoms with Gasteiger partial charge < -0.3 is 20.1 Å².